The summed E-state index contributed by atoms with van der Waals surface area (Å²) in [6, 6.07) is 1.00. The molecule has 1 saturated carbocycles. The van der Waals surface area contributed by atoms with Crippen molar-refractivity contribution < 1.29 is 0 Å². The quantitative estimate of drug-likeness (QED) is 0.529. The van der Waals surface area contributed by atoms with Crippen LogP contribution in [0.5, 0.6) is 0 Å². The van der Waals surface area contributed by atoms with E-state index in [9.17, 15) is 0 Å². The van der Waals surface area contributed by atoms with Crippen LogP contribution in [0.1, 0.15) is 25.7 Å². The van der Waals surface area contributed by atoms with Gasteiger partial charge in [-0.05, 0) is 19.9 Å². The summed E-state index contributed by atoms with van der Waals surface area (Å²) in [5.41, 5.74) is 1.58. The van der Waals surface area contributed by atoms with Gasteiger partial charge >= 0.3 is 0 Å². The maximum atomic E-state index is 2.69. The van der Waals surface area contributed by atoms with Gasteiger partial charge in [0, 0.05) is 16.3 Å². The van der Waals surface area contributed by atoms with Gasteiger partial charge in [-0.15, -0.1) is 0 Å². The van der Waals surface area contributed by atoms with E-state index >= 15 is 0 Å². The third-order valence-corrected chi connectivity index (χ3v) is 5.54. The Morgan fingerprint density at radius 2 is 2.10 bits per heavy atom. The van der Waals surface area contributed by atoms with Crippen molar-refractivity contribution in [3.8, 4) is 0 Å². The number of nitrogens with zero attached hydrogens (tertiary/aromatic N) is 1. The fourth-order valence-corrected chi connectivity index (χ4v) is 5.43. The molecule has 3 heteroatoms. The second-order valence-electron chi connectivity index (χ2n) is 3.42. The largest absolute Gasteiger partial charge is 0.329 e. The normalized spacial score (nSPS) is 22.2. The average Bonchev–Trinajstić information content (AvgIpc) is 2.38. The van der Waals surface area contributed by atoms with Gasteiger partial charge in [-0.3, -0.25) is 0 Å². The minimum atomic E-state index is 0.212. The molecule has 0 saturated heterocycles. The second-order valence-corrected chi connectivity index (χ2v) is 8.86. The molecule has 1 fully saturated rings. The van der Waals surface area contributed by atoms with Crippen LogP contribution in [0.15, 0.2) is 0 Å². The molecule has 0 aromatic rings. The third kappa shape index (κ3) is 2.21. The molecule has 0 radical (unpaired) electrons. The van der Waals surface area contributed by atoms with Gasteiger partial charge in [0.2, 0.25) is 0 Å². The summed E-state index contributed by atoms with van der Waals surface area (Å²) < 4.78 is 2.69. The van der Waals surface area contributed by atoms with Gasteiger partial charge in [0.25, 0.3) is 0 Å². The van der Waals surface area contributed by atoms with E-state index in [1.165, 1.54) is 35.9 Å². The average molecular weight is 173 g/mol. The lowest BCUT2D eigenvalue weighted by Crippen LogP contribution is -2.32. The fraction of sp³-hybridized carbons (Fsp3) is 1.00. The highest BCUT2D eigenvalue weighted by molar-refractivity contribution is 6.44. The molecular weight excluding hydrogens is 154 g/mol. The summed E-state index contributed by atoms with van der Waals surface area (Å²) in [5.74, 6) is 0. The van der Waals surface area contributed by atoms with Gasteiger partial charge in [0.15, 0.2) is 0 Å². The molecule has 0 amide bonds. The maximum Gasteiger partial charge on any atom is 0.0916 e. The van der Waals surface area contributed by atoms with Gasteiger partial charge < -0.3 is 4.57 Å². The Balaban J connectivity index is 2.18. The van der Waals surface area contributed by atoms with Crippen LogP contribution in [0, 0.1) is 0 Å². The van der Waals surface area contributed by atoms with Crippen molar-refractivity contribution in [2.45, 2.75) is 37.4 Å². The highest BCUT2D eigenvalue weighted by Crippen LogP contribution is 2.21. The zero-order valence-corrected chi connectivity index (χ0v) is 10.7. The van der Waals surface area contributed by atoms with Crippen LogP contribution in [0.4, 0.5) is 0 Å². The molecule has 0 aliphatic heterocycles. The van der Waals surface area contributed by atoms with Crippen molar-refractivity contribution in [2.24, 2.45) is 0 Å². The Labute approximate surface area is 69.5 Å². The van der Waals surface area contributed by atoms with Gasteiger partial charge in [0.1, 0.15) is 0 Å². The monoisotopic (exact) mass is 173 g/mol. The third-order valence-electron chi connectivity index (χ3n) is 2.52. The van der Waals surface area contributed by atoms with Crippen LogP contribution in [-0.4, -0.2) is 37.6 Å². The second kappa shape index (κ2) is 4.31. The van der Waals surface area contributed by atoms with E-state index in [-0.39, 0.29) is 9.68 Å². The molecule has 1 nitrogen and oxygen atoms in total. The van der Waals surface area contributed by atoms with Crippen LogP contribution < -0.4 is 0 Å². The fourth-order valence-electron chi connectivity index (χ4n) is 1.88. The summed E-state index contributed by atoms with van der Waals surface area (Å²) in [7, 11) is 3.99. The lowest BCUT2D eigenvalue weighted by Gasteiger charge is -2.22. The molecule has 60 valence electrons. The van der Waals surface area contributed by atoms with Crippen molar-refractivity contribution in [1.29, 1.82) is 0 Å². The molecule has 0 aromatic heterocycles. The minimum absolute atomic E-state index is 0.212. The Kier molecular flexibility index (Phi) is 3.66. The summed E-state index contributed by atoms with van der Waals surface area (Å²) >= 11 is 0. The zero-order valence-electron chi connectivity index (χ0n) is 7.27. The lowest BCUT2D eigenvalue weighted by atomic mass is 10.3. The molecule has 0 aromatic carbocycles. The van der Waals surface area contributed by atoms with Crippen LogP contribution in [0.3, 0.4) is 0 Å². The van der Waals surface area contributed by atoms with Gasteiger partial charge in [-0.1, -0.05) is 18.5 Å². The molecule has 0 unspecified atom stereocenters. The topological polar surface area (TPSA) is 3.24 Å². The predicted molar refractivity (Wildman–Crippen MR) is 53.3 cm³/mol. The summed E-state index contributed by atoms with van der Waals surface area (Å²) in [6.07, 6.45) is 5.96. The standard InChI is InChI=1S/C7H19NSi2/c1-8(10-6-9)7-4-2-3-5-7/h7H,2-6,10H2,1,9H3. The van der Waals surface area contributed by atoms with E-state index in [4.69, 9.17) is 0 Å². The number of rotatable bonds is 3. The van der Waals surface area contributed by atoms with E-state index < -0.39 is 0 Å². The number of hydrogen-bond acceptors (Lipinski definition) is 1. The van der Waals surface area contributed by atoms with Crippen LogP contribution >= 0.6 is 0 Å². The first-order valence-corrected chi connectivity index (χ1v) is 7.59. The van der Waals surface area contributed by atoms with Crippen LogP contribution in [0.2, 0.25) is 5.67 Å². The molecule has 0 heterocycles. The highest BCUT2D eigenvalue weighted by Gasteiger charge is 2.17. The predicted octanol–water partition coefficient (Wildman–Crippen LogP) is -0.314. The van der Waals surface area contributed by atoms with Crippen molar-refractivity contribution in [2.75, 3.05) is 7.05 Å². The van der Waals surface area contributed by atoms with Gasteiger partial charge in [-0.25, -0.2) is 0 Å². The molecule has 1 aliphatic carbocycles. The highest BCUT2D eigenvalue weighted by atomic mass is 28.3. The van der Waals surface area contributed by atoms with Crippen LogP contribution in [-0.2, 0) is 0 Å². The molecular formula is C7H19NSi2. The smallest absolute Gasteiger partial charge is 0.0916 e. The van der Waals surface area contributed by atoms with Crippen LogP contribution in [0.25, 0.3) is 0 Å². The maximum absolute atomic E-state index is 2.69. The minimum Gasteiger partial charge on any atom is -0.329 e. The van der Waals surface area contributed by atoms with Gasteiger partial charge in [0.05, 0.1) is 9.68 Å². The first kappa shape index (κ1) is 8.49. The SMILES string of the molecule is CN([SiH2]C[SiH3])C1CCCC1. The summed E-state index contributed by atoms with van der Waals surface area (Å²) in [6.45, 7) is 0. The molecule has 1 rings (SSSR count). The van der Waals surface area contributed by atoms with E-state index in [0.717, 1.165) is 6.04 Å². The summed E-state index contributed by atoms with van der Waals surface area (Å²) in [5, 5.41) is 0. The molecule has 0 N–H and O–H groups in total. The van der Waals surface area contributed by atoms with Crippen molar-refractivity contribution >= 4 is 19.9 Å². The Bertz CT molecular complexity index is 91.6. The lowest BCUT2D eigenvalue weighted by molar-refractivity contribution is 0.393. The summed E-state index contributed by atoms with van der Waals surface area (Å²) in [4.78, 5) is 0. The first-order chi connectivity index (χ1) is 4.84. The Morgan fingerprint density at radius 1 is 1.50 bits per heavy atom. The van der Waals surface area contributed by atoms with Crippen molar-refractivity contribution in [3.63, 3.8) is 0 Å². The van der Waals surface area contributed by atoms with Crippen molar-refractivity contribution in [1.82, 2.24) is 4.57 Å². The van der Waals surface area contributed by atoms with Crippen molar-refractivity contribution in [3.05, 3.63) is 0 Å². The van der Waals surface area contributed by atoms with E-state index in [0.29, 0.717) is 0 Å². The molecule has 10 heavy (non-hydrogen) atoms. The molecule has 1 aliphatic rings. The number of hydrogen-bond donors (Lipinski definition) is 0. The molecule has 0 atom stereocenters. The first-order valence-electron chi connectivity index (χ1n) is 4.55. The zero-order chi connectivity index (χ0) is 7.40. The molecule has 0 spiro atoms. The Morgan fingerprint density at radius 3 is 2.60 bits per heavy atom. The van der Waals surface area contributed by atoms with E-state index in [1.807, 2.05) is 0 Å². The Hall–Kier alpha value is 0.394. The van der Waals surface area contributed by atoms with E-state index in [1.54, 1.807) is 5.67 Å². The van der Waals surface area contributed by atoms with Gasteiger partial charge in [-0.2, -0.15) is 0 Å². The molecule has 0 bridgehead atoms. The van der Waals surface area contributed by atoms with E-state index in [2.05, 4.69) is 11.6 Å².